The smallest absolute Gasteiger partial charge is 0.339 e. The molecule has 1 amide bonds. The SMILES string of the molecule is CCCNS(=O)(=O)c1ccc(OCC(=O)Nc2ccccc2C(=O)OC)cc1. The first-order valence-electron chi connectivity index (χ1n) is 8.57. The van der Waals surface area contributed by atoms with Crippen LogP contribution in [-0.2, 0) is 19.6 Å². The van der Waals surface area contributed by atoms with Crippen molar-refractivity contribution in [3.63, 3.8) is 0 Å². The molecular weight excluding hydrogens is 384 g/mol. The lowest BCUT2D eigenvalue weighted by Gasteiger charge is -2.11. The van der Waals surface area contributed by atoms with E-state index in [-0.39, 0.29) is 17.1 Å². The maximum absolute atomic E-state index is 12.1. The van der Waals surface area contributed by atoms with E-state index < -0.39 is 21.9 Å². The average molecular weight is 406 g/mol. The summed E-state index contributed by atoms with van der Waals surface area (Å²) in [6.45, 7) is 1.91. The molecule has 28 heavy (non-hydrogen) atoms. The molecule has 0 aliphatic heterocycles. The van der Waals surface area contributed by atoms with Gasteiger partial charge < -0.3 is 14.8 Å². The number of amides is 1. The number of ether oxygens (including phenoxy) is 2. The monoisotopic (exact) mass is 406 g/mol. The minimum Gasteiger partial charge on any atom is -0.484 e. The molecule has 9 heteroatoms. The van der Waals surface area contributed by atoms with Gasteiger partial charge in [0.2, 0.25) is 10.0 Å². The van der Waals surface area contributed by atoms with Gasteiger partial charge in [-0.15, -0.1) is 0 Å². The van der Waals surface area contributed by atoms with E-state index in [0.29, 0.717) is 24.4 Å². The number of nitrogens with one attached hydrogen (secondary N) is 2. The summed E-state index contributed by atoms with van der Waals surface area (Å²) in [4.78, 5) is 23.9. The van der Waals surface area contributed by atoms with Gasteiger partial charge in [-0.3, -0.25) is 4.79 Å². The predicted octanol–water partition coefficient (Wildman–Crippen LogP) is 2.18. The van der Waals surface area contributed by atoms with E-state index in [1.165, 1.54) is 37.4 Å². The van der Waals surface area contributed by atoms with Crippen molar-refractivity contribution in [1.29, 1.82) is 0 Å². The zero-order chi connectivity index (χ0) is 20.6. The van der Waals surface area contributed by atoms with Gasteiger partial charge >= 0.3 is 5.97 Å². The number of esters is 1. The molecule has 0 saturated carbocycles. The lowest BCUT2D eigenvalue weighted by atomic mass is 10.2. The molecule has 0 atom stereocenters. The van der Waals surface area contributed by atoms with Crippen molar-refractivity contribution in [3.05, 3.63) is 54.1 Å². The van der Waals surface area contributed by atoms with Gasteiger partial charge in [-0.25, -0.2) is 17.9 Å². The number of para-hydroxylation sites is 1. The van der Waals surface area contributed by atoms with Gasteiger partial charge in [0.1, 0.15) is 5.75 Å². The fraction of sp³-hybridized carbons (Fsp3) is 0.263. The molecule has 0 aromatic heterocycles. The van der Waals surface area contributed by atoms with Crippen LogP contribution >= 0.6 is 0 Å². The van der Waals surface area contributed by atoms with Gasteiger partial charge in [-0.2, -0.15) is 0 Å². The highest BCUT2D eigenvalue weighted by Crippen LogP contribution is 2.18. The van der Waals surface area contributed by atoms with E-state index in [1.54, 1.807) is 18.2 Å². The first-order valence-corrected chi connectivity index (χ1v) is 10.1. The van der Waals surface area contributed by atoms with Crippen LogP contribution in [0.1, 0.15) is 23.7 Å². The topological polar surface area (TPSA) is 111 Å². The molecule has 2 aromatic carbocycles. The number of hydrogen-bond acceptors (Lipinski definition) is 6. The molecule has 0 fully saturated rings. The molecule has 0 unspecified atom stereocenters. The molecule has 0 aliphatic carbocycles. The molecule has 2 aromatic rings. The van der Waals surface area contributed by atoms with Crippen LogP contribution in [-0.4, -0.2) is 40.6 Å². The Morgan fingerprint density at radius 3 is 2.36 bits per heavy atom. The Hall–Kier alpha value is -2.91. The summed E-state index contributed by atoms with van der Waals surface area (Å²) in [6.07, 6.45) is 0.689. The van der Waals surface area contributed by atoms with E-state index >= 15 is 0 Å². The van der Waals surface area contributed by atoms with Gasteiger partial charge in [-0.05, 0) is 42.8 Å². The van der Waals surface area contributed by atoms with E-state index in [4.69, 9.17) is 4.74 Å². The van der Waals surface area contributed by atoms with Crippen LogP contribution in [0.25, 0.3) is 0 Å². The molecule has 150 valence electrons. The fourth-order valence-electron chi connectivity index (χ4n) is 2.25. The van der Waals surface area contributed by atoms with Gasteiger partial charge in [0.25, 0.3) is 5.91 Å². The zero-order valence-corrected chi connectivity index (χ0v) is 16.4. The summed E-state index contributed by atoms with van der Waals surface area (Å²) in [7, 11) is -2.30. The molecule has 0 spiro atoms. The van der Waals surface area contributed by atoms with Crippen LogP contribution in [0.5, 0.6) is 5.75 Å². The van der Waals surface area contributed by atoms with E-state index in [0.717, 1.165) is 0 Å². The number of anilines is 1. The summed E-state index contributed by atoms with van der Waals surface area (Å²) in [5.74, 6) is -0.700. The second-order valence-corrected chi connectivity index (χ2v) is 7.51. The minimum absolute atomic E-state index is 0.116. The standard InChI is InChI=1S/C19H22N2O6S/c1-3-12-20-28(24,25)15-10-8-14(9-11-15)27-13-18(22)21-17-7-5-4-6-16(17)19(23)26-2/h4-11,20H,3,12-13H2,1-2H3,(H,21,22). The maximum atomic E-state index is 12.1. The molecule has 0 radical (unpaired) electrons. The van der Waals surface area contributed by atoms with E-state index in [1.807, 2.05) is 6.92 Å². The number of rotatable bonds is 9. The Bertz CT molecular complexity index is 926. The first-order chi connectivity index (χ1) is 13.4. The summed E-state index contributed by atoms with van der Waals surface area (Å²) >= 11 is 0. The first kappa shape index (κ1) is 21.4. The van der Waals surface area contributed by atoms with Crippen molar-refractivity contribution in [3.8, 4) is 5.75 Å². The molecule has 2 N–H and O–H groups in total. The van der Waals surface area contributed by atoms with Crippen LogP contribution in [0.15, 0.2) is 53.4 Å². The average Bonchev–Trinajstić information content (AvgIpc) is 2.71. The Labute approximate surface area is 163 Å². The van der Waals surface area contributed by atoms with Crippen molar-refractivity contribution in [1.82, 2.24) is 4.72 Å². The minimum atomic E-state index is -3.56. The van der Waals surface area contributed by atoms with Crippen molar-refractivity contribution >= 4 is 27.6 Å². The van der Waals surface area contributed by atoms with Crippen molar-refractivity contribution in [2.45, 2.75) is 18.2 Å². The highest BCUT2D eigenvalue weighted by molar-refractivity contribution is 7.89. The summed E-state index contributed by atoms with van der Waals surface area (Å²) in [6, 6.07) is 12.2. The van der Waals surface area contributed by atoms with Gasteiger partial charge in [-0.1, -0.05) is 19.1 Å². The third-order valence-electron chi connectivity index (χ3n) is 3.65. The maximum Gasteiger partial charge on any atom is 0.339 e. The number of carbonyl (C=O) groups is 2. The van der Waals surface area contributed by atoms with Gasteiger partial charge in [0, 0.05) is 6.54 Å². The Balaban J connectivity index is 1.96. The Kier molecular flexibility index (Phi) is 7.53. The highest BCUT2D eigenvalue weighted by Gasteiger charge is 2.15. The number of methoxy groups -OCH3 is 1. The van der Waals surface area contributed by atoms with Crippen LogP contribution in [0, 0.1) is 0 Å². The quantitative estimate of drug-likeness (QED) is 0.618. The number of sulfonamides is 1. The van der Waals surface area contributed by atoms with Crippen LogP contribution in [0.3, 0.4) is 0 Å². The molecular formula is C19H22N2O6S. The third kappa shape index (κ3) is 5.80. The molecule has 0 aliphatic rings. The lowest BCUT2D eigenvalue weighted by molar-refractivity contribution is -0.118. The van der Waals surface area contributed by atoms with E-state index in [2.05, 4.69) is 14.8 Å². The molecule has 2 rings (SSSR count). The Morgan fingerprint density at radius 2 is 1.71 bits per heavy atom. The van der Waals surface area contributed by atoms with Crippen LogP contribution in [0.2, 0.25) is 0 Å². The summed E-state index contributed by atoms with van der Waals surface area (Å²) < 4.78 is 36.6. The zero-order valence-electron chi connectivity index (χ0n) is 15.6. The predicted molar refractivity (Wildman–Crippen MR) is 104 cm³/mol. The summed E-state index contributed by atoms with van der Waals surface area (Å²) in [5, 5.41) is 2.58. The second kappa shape index (κ2) is 9.86. The Morgan fingerprint density at radius 1 is 1.04 bits per heavy atom. The molecule has 0 bridgehead atoms. The number of hydrogen-bond donors (Lipinski definition) is 2. The molecule has 8 nitrogen and oxygen atoms in total. The molecule has 0 saturated heterocycles. The van der Waals surface area contributed by atoms with Gasteiger partial charge in [0.15, 0.2) is 6.61 Å². The van der Waals surface area contributed by atoms with Crippen molar-refractivity contribution in [2.24, 2.45) is 0 Å². The van der Waals surface area contributed by atoms with Crippen LogP contribution in [0.4, 0.5) is 5.69 Å². The largest absolute Gasteiger partial charge is 0.484 e. The van der Waals surface area contributed by atoms with Crippen molar-refractivity contribution < 1.29 is 27.5 Å². The number of carbonyl (C=O) groups excluding carboxylic acids is 2. The normalized spacial score (nSPS) is 10.9. The molecule has 0 heterocycles. The highest BCUT2D eigenvalue weighted by atomic mass is 32.2. The lowest BCUT2D eigenvalue weighted by Crippen LogP contribution is -2.24. The summed E-state index contributed by atoms with van der Waals surface area (Å²) in [5.41, 5.74) is 0.541. The number of benzene rings is 2. The van der Waals surface area contributed by atoms with Crippen LogP contribution < -0.4 is 14.8 Å². The van der Waals surface area contributed by atoms with Crippen molar-refractivity contribution in [2.75, 3.05) is 25.6 Å². The fourth-order valence-corrected chi connectivity index (χ4v) is 3.38. The van der Waals surface area contributed by atoms with E-state index in [9.17, 15) is 18.0 Å². The van der Waals surface area contributed by atoms with Gasteiger partial charge in [0.05, 0.1) is 23.3 Å². The second-order valence-electron chi connectivity index (χ2n) is 5.74. The third-order valence-corrected chi connectivity index (χ3v) is 5.13.